The van der Waals surface area contributed by atoms with E-state index in [0.29, 0.717) is 0 Å². The molecule has 7 heteroatoms. The molecule has 0 radical (unpaired) electrons. The van der Waals surface area contributed by atoms with E-state index in [-0.39, 0.29) is 16.5 Å². The fourth-order valence-electron chi connectivity index (χ4n) is 1.08. The van der Waals surface area contributed by atoms with E-state index >= 15 is 0 Å². The van der Waals surface area contributed by atoms with Gasteiger partial charge in [0, 0.05) is 0 Å². The molecule has 1 aromatic carbocycles. The first kappa shape index (κ1) is 11.8. The summed E-state index contributed by atoms with van der Waals surface area (Å²) in [6, 6.07) is 9.59. The van der Waals surface area contributed by atoms with Crippen LogP contribution in [0.2, 0.25) is 10.6 Å². The van der Waals surface area contributed by atoms with Gasteiger partial charge in [0.1, 0.15) is 0 Å². The Hall–Kier alpha value is -1.72. The number of hydrogen-bond acceptors (Lipinski definition) is 5. The first-order valence-electron chi connectivity index (χ1n) is 4.65. The maximum atomic E-state index is 5.61. The lowest BCUT2D eigenvalue weighted by Gasteiger charge is -1.98. The van der Waals surface area contributed by atoms with Crippen LogP contribution in [0.4, 0.5) is 5.95 Å². The first-order chi connectivity index (χ1) is 8.24. The summed E-state index contributed by atoms with van der Waals surface area (Å²) in [7, 11) is 0. The van der Waals surface area contributed by atoms with Gasteiger partial charge in [0.2, 0.25) is 16.5 Å². The fourth-order valence-corrected chi connectivity index (χ4v) is 1.44. The second-order valence-corrected chi connectivity index (χ2v) is 3.65. The molecule has 1 heterocycles. The van der Waals surface area contributed by atoms with Gasteiger partial charge in [-0.25, -0.2) is 5.43 Å². The molecule has 17 heavy (non-hydrogen) atoms. The highest BCUT2D eigenvalue weighted by Crippen LogP contribution is 2.09. The van der Waals surface area contributed by atoms with Crippen molar-refractivity contribution in [1.82, 2.24) is 15.0 Å². The SMILES string of the molecule is Clc1nc(Cl)nc(NN=Cc2ccccc2)n1. The number of aromatic nitrogens is 3. The van der Waals surface area contributed by atoms with Gasteiger partial charge in [-0.3, -0.25) is 0 Å². The van der Waals surface area contributed by atoms with Crippen LogP contribution in [0.1, 0.15) is 5.56 Å². The number of halogens is 2. The van der Waals surface area contributed by atoms with Gasteiger partial charge in [-0.1, -0.05) is 30.3 Å². The molecule has 0 saturated carbocycles. The molecule has 0 atom stereocenters. The summed E-state index contributed by atoms with van der Waals surface area (Å²) in [4.78, 5) is 11.2. The highest BCUT2D eigenvalue weighted by atomic mass is 35.5. The molecule has 86 valence electrons. The molecule has 5 nitrogen and oxygen atoms in total. The van der Waals surface area contributed by atoms with Crippen molar-refractivity contribution in [1.29, 1.82) is 0 Å². The van der Waals surface area contributed by atoms with Crippen LogP contribution < -0.4 is 5.43 Å². The average molecular weight is 268 g/mol. The first-order valence-corrected chi connectivity index (χ1v) is 5.41. The number of nitrogens with one attached hydrogen (secondary N) is 1. The molecule has 0 aliphatic rings. The lowest BCUT2D eigenvalue weighted by Crippen LogP contribution is -1.99. The van der Waals surface area contributed by atoms with E-state index in [1.165, 1.54) is 0 Å². The number of nitrogens with zero attached hydrogens (tertiary/aromatic N) is 4. The molecular weight excluding hydrogens is 261 g/mol. The summed E-state index contributed by atoms with van der Waals surface area (Å²) in [6.07, 6.45) is 1.63. The minimum atomic E-state index is 0.0161. The molecule has 0 aliphatic carbocycles. The van der Waals surface area contributed by atoms with E-state index in [4.69, 9.17) is 23.2 Å². The molecule has 0 saturated heterocycles. The number of hydrazone groups is 1. The summed E-state index contributed by atoms with van der Waals surface area (Å²) in [5, 5.41) is 3.98. The summed E-state index contributed by atoms with van der Waals surface area (Å²) in [5.74, 6) is 0.196. The smallest absolute Gasteiger partial charge is 0.245 e. The minimum Gasteiger partial charge on any atom is -0.245 e. The standard InChI is InChI=1S/C10H7Cl2N5/c11-8-14-9(12)16-10(15-8)17-13-6-7-4-2-1-3-5-7/h1-6H,(H,14,15,16,17). The van der Waals surface area contributed by atoms with E-state index < -0.39 is 0 Å². The Morgan fingerprint density at radius 2 is 1.65 bits per heavy atom. The van der Waals surface area contributed by atoms with Gasteiger partial charge in [-0.15, -0.1) is 0 Å². The third-order valence-electron chi connectivity index (χ3n) is 1.76. The highest BCUT2D eigenvalue weighted by molar-refractivity contribution is 6.31. The molecule has 0 amide bonds. The van der Waals surface area contributed by atoms with Gasteiger partial charge < -0.3 is 0 Å². The Kier molecular flexibility index (Phi) is 3.85. The predicted octanol–water partition coefficient (Wildman–Crippen LogP) is 2.62. The van der Waals surface area contributed by atoms with Crippen LogP contribution in [0.15, 0.2) is 35.4 Å². The van der Waals surface area contributed by atoms with Crippen LogP contribution in [-0.2, 0) is 0 Å². The van der Waals surface area contributed by atoms with Crippen molar-refractivity contribution in [2.75, 3.05) is 5.43 Å². The predicted molar refractivity (Wildman–Crippen MR) is 67.5 cm³/mol. The minimum absolute atomic E-state index is 0.0161. The zero-order valence-electron chi connectivity index (χ0n) is 8.51. The van der Waals surface area contributed by atoms with Gasteiger partial charge >= 0.3 is 0 Å². The topological polar surface area (TPSA) is 63.1 Å². The number of anilines is 1. The van der Waals surface area contributed by atoms with Crippen molar-refractivity contribution < 1.29 is 0 Å². The Labute approximate surface area is 108 Å². The maximum absolute atomic E-state index is 5.61. The van der Waals surface area contributed by atoms with E-state index in [2.05, 4.69) is 25.5 Å². The van der Waals surface area contributed by atoms with E-state index in [9.17, 15) is 0 Å². The van der Waals surface area contributed by atoms with Crippen LogP contribution in [0.3, 0.4) is 0 Å². The van der Waals surface area contributed by atoms with Crippen molar-refractivity contribution in [2.45, 2.75) is 0 Å². The van der Waals surface area contributed by atoms with Crippen molar-refractivity contribution in [3.8, 4) is 0 Å². The second kappa shape index (κ2) is 5.56. The number of benzene rings is 1. The Morgan fingerprint density at radius 3 is 2.29 bits per heavy atom. The molecule has 2 rings (SSSR count). The van der Waals surface area contributed by atoms with Crippen LogP contribution in [0.25, 0.3) is 0 Å². The van der Waals surface area contributed by atoms with Crippen LogP contribution in [-0.4, -0.2) is 21.2 Å². The van der Waals surface area contributed by atoms with Gasteiger partial charge in [0.05, 0.1) is 6.21 Å². The Bertz CT molecular complexity index is 509. The van der Waals surface area contributed by atoms with Gasteiger partial charge in [0.15, 0.2) is 0 Å². The van der Waals surface area contributed by atoms with Crippen molar-refractivity contribution >= 4 is 35.4 Å². The lowest BCUT2D eigenvalue weighted by molar-refractivity contribution is 1.03. The Morgan fingerprint density at radius 1 is 1.00 bits per heavy atom. The Balaban J connectivity index is 2.05. The normalized spacial score (nSPS) is 10.7. The van der Waals surface area contributed by atoms with Gasteiger partial charge in [0.25, 0.3) is 0 Å². The van der Waals surface area contributed by atoms with Gasteiger partial charge in [-0.05, 0) is 28.8 Å². The summed E-state index contributed by atoms with van der Waals surface area (Å²) < 4.78 is 0. The summed E-state index contributed by atoms with van der Waals surface area (Å²) >= 11 is 11.2. The molecule has 0 spiro atoms. The number of hydrogen-bond donors (Lipinski definition) is 1. The molecule has 0 unspecified atom stereocenters. The molecule has 1 aromatic heterocycles. The van der Waals surface area contributed by atoms with Crippen molar-refractivity contribution in [3.05, 3.63) is 46.5 Å². The largest absolute Gasteiger partial charge is 0.249 e. The van der Waals surface area contributed by atoms with E-state index in [1.807, 2.05) is 30.3 Å². The van der Waals surface area contributed by atoms with Crippen LogP contribution in [0.5, 0.6) is 0 Å². The van der Waals surface area contributed by atoms with Crippen LogP contribution in [0, 0.1) is 0 Å². The van der Waals surface area contributed by atoms with E-state index in [1.54, 1.807) is 6.21 Å². The third-order valence-corrected chi connectivity index (χ3v) is 2.10. The van der Waals surface area contributed by atoms with Crippen molar-refractivity contribution in [3.63, 3.8) is 0 Å². The monoisotopic (exact) mass is 267 g/mol. The fraction of sp³-hybridized carbons (Fsp3) is 0. The number of rotatable bonds is 3. The summed E-state index contributed by atoms with van der Waals surface area (Å²) in [6.45, 7) is 0. The second-order valence-electron chi connectivity index (χ2n) is 2.98. The molecular formula is C10H7Cl2N5. The van der Waals surface area contributed by atoms with Crippen molar-refractivity contribution in [2.24, 2.45) is 5.10 Å². The molecule has 0 fully saturated rings. The highest BCUT2D eigenvalue weighted by Gasteiger charge is 2.00. The zero-order chi connectivity index (χ0) is 12.1. The quantitative estimate of drug-likeness (QED) is 0.686. The third kappa shape index (κ3) is 3.65. The van der Waals surface area contributed by atoms with Gasteiger partial charge in [-0.2, -0.15) is 20.1 Å². The molecule has 2 aromatic rings. The van der Waals surface area contributed by atoms with E-state index in [0.717, 1.165) is 5.56 Å². The zero-order valence-corrected chi connectivity index (χ0v) is 10.0. The molecule has 1 N–H and O–H groups in total. The lowest BCUT2D eigenvalue weighted by atomic mass is 10.2. The summed E-state index contributed by atoms with van der Waals surface area (Å²) in [5.41, 5.74) is 3.56. The van der Waals surface area contributed by atoms with Crippen LogP contribution >= 0.6 is 23.2 Å². The average Bonchev–Trinajstić information content (AvgIpc) is 2.29. The maximum Gasteiger partial charge on any atom is 0.249 e. The molecule has 0 bridgehead atoms. The molecule has 0 aliphatic heterocycles.